The highest BCUT2D eigenvalue weighted by Gasteiger charge is 2.16. The van der Waals surface area contributed by atoms with Gasteiger partial charge in [0.05, 0.1) is 19.9 Å². The van der Waals surface area contributed by atoms with Crippen LogP contribution in [-0.2, 0) is 0 Å². The molecule has 2 aromatic carbocycles. The number of aryl methyl sites for hydroxylation is 1. The minimum Gasteiger partial charge on any atom is -0.493 e. The molecule has 6 nitrogen and oxygen atoms in total. The summed E-state index contributed by atoms with van der Waals surface area (Å²) in [7, 11) is 4.88. The number of carbonyl (C=O) groups is 1. The molecule has 3 aromatic rings. The lowest BCUT2D eigenvalue weighted by atomic mass is 10.1. The quantitative estimate of drug-likeness (QED) is 0.706. The number of ether oxygens (including phenoxy) is 2. The van der Waals surface area contributed by atoms with E-state index in [1.807, 2.05) is 35.9 Å². The lowest BCUT2D eigenvalue weighted by Crippen LogP contribution is -2.26. The van der Waals surface area contributed by atoms with Crippen molar-refractivity contribution >= 4 is 11.6 Å². The molecule has 0 aliphatic rings. The largest absolute Gasteiger partial charge is 0.493 e. The fourth-order valence-electron chi connectivity index (χ4n) is 2.73. The fourth-order valence-corrected chi connectivity index (χ4v) is 2.73. The van der Waals surface area contributed by atoms with Crippen molar-refractivity contribution in [2.75, 3.05) is 26.2 Å². The summed E-state index contributed by atoms with van der Waals surface area (Å²) in [5.74, 6) is 1.09. The number of benzene rings is 2. The van der Waals surface area contributed by atoms with Crippen molar-refractivity contribution in [1.29, 1.82) is 0 Å². The van der Waals surface area contributed by atoms with Gasteiger partial charge in [0.1, 0.15) is 0 Å². The van der Waals surface area contributed by atoms with Crippen molar-refractivity contribution in [3.05, 3.63) is 66.0 Å². The molecule has 0 unspecified atom stereocenters. The summed E-state index contributed by atoms with van der Waals surface area (Å²) in [6.45, 7) is 1.98. The maximum atomic E-state index is 12.8. The summed E-state index contributed by atoms with van der Waals surface area (Å²) in [5, 5.41) is 4.27. The Morgan fingerprint density at radius 2 is 1.69 bits per heavy atom. The van der Waals surface area contributed by atoms with Gasteiger partial charge >= 0.3 is 0 Å². The van der Waals surface area contributed by atoms with Gasteiger partial charge in [0.15, 0.2) is 11.5 Å². The molecular weight excluding hydrogens is 330 g/mol. The highest BCUT2D eigenvalue weighted by Crippen LogP contribution is 2.31. The Bertz CT molecular complexity index is 916. The van der Waals surface area contributed by atoms with Gasteiger partial charge < -0.3 is 14.4 Å². The van der Waals surface area contributed by atoms with E-state index in [-0.39, 0.29) is 5.91 Å². The third kappa shape index (κ3) is 3.26. The van der Waals surface area contributed by atoms with Crippen molar-refractivity contribution < 1.29 is 14.3 Å². The molecule has 0 bridgehead atoms. The van der Waals surface area contributed by atoms with Crippen molar-refractivity contribution in [3.8, 4) is 17.2 Å². The second-order valence-corrected chi connectivity index (χ2v) is 5.83. The van der Waals surface area contributed by atoms with Crippen molar-refractivity contribution in [1.82, 2.24) is 9.78 Å². The molecule has 1 heterocycles. The van der Waals surface area contributed by atoms with Crippen LogP contribution in [-0.4, -0.2) is 37.0 Å². The Hall–Kier alpha value is -3.28. The van der Waals surface area contributed by atoms with E-state index in [4.69, 9.17) is 9.47 Å². The number of hydrogen-bond donors (Lipinski definition) is 0. The zero-order valence-electron chi connectivity index (χ0n) is 15.3. The van der Waals surface area contributed by atoms with E-state index in [0.29, 0.717) is 17.1 Å². The van der Waals surface area contributed by atoms with Gasteiger partial charge in [-0.1, -0.05) is 0 Å². The number of carbonyl (C=O) groups excluding carboxylic acids is 1. The molecule has 0 fully saturated rings. The molecular formula is C20H21N3O3. The van der Waals surface area contributed by atoms with Crippen LogP contribution in [0.1, 0.15) is 16.1 Å². The topological polar surface area (TPSA) is 56.6 Å². The van der Waals surface area contributed by atoms with E-state index in [0.717, 1.165) is 17.1 Å². The van der Waals surface area contributed by atoms with Crippen LogP contribution in [0, 0.1) is 6.92 Å². The molecule has 0 aliphatic carbocycles. The molecule has 1 aromatic heterocycles. The number of amides is 1. The number of anilines is 1. The maximum absolute atomic E-state index is 12.8. The van der Waals surface area contributed by atoms with Gasteiger partial charge in [-0.25, -0.2) is 4.68 Å². The summed E-state index contributed by atoms with van der Waals surface area (Å²) in [4.78, 5) is 14.4. The molecule has 0 spiro atoms. The van der Waals surface area contributed by atoms with Crippen molar-refractivity contribution in [2.24, 2.45) is 0 Å². The van der Waals surface area contributed by atoms with Crippen LogP contribution in [0.4, 0.5) is 5.69 Å². The van der Waals surface area contributed by atoms with Crippen molar-refractivity contribution in [2.45, 2.75) is 6.92 Å². The van der Waals surface area contributed by atoms with Gasteiger partial charge in [-0.15, -0.1) is 0 Å². The van der Waals surface area contributed by atoms with E-state index >= 15 is 0 Å². The first-order chi connectivity index (χ1) is 12.5. The van der Waals surface area contributed by atoms with Crippen LogP contribution in [0.5, 0.6) is 11.5 Å². The second-order valence-electron chi connectivity index (χ2n) is 5.83. The minimum atomic E-state index is -0.110. The Kier molecular flexibility index (Phi) is 4.93. The third-order valence-electron chi connectivity index (χ3n) is 4.25. The Labute approximate surface area is 152 Å². The number of aromatic nitrogens is 2. The van der Waals surface area contributed by atoms with Gasteiger partial charge in [-0.2, -0.15) is 5.10 Å². The zero-order chi connectivity index (χ0) is 18.7. The molecule has 6 heteroatoms. The minimum absolute atomic E-state index is 0.110. The molecule has 0 N–H and O–H groups in total. The van der Waals surface area contributed by atoms with Crippen molar-refractivity contribution in [3.63, 3.8) is 0 Å². The number of nitrogens with zero attached hydrogens (tertiary/aromatic N) is 3. The molecule has 0 aliphatic heterocycles. The van der Waals surface area contributed by atoms with E-state index in [1.165, 1.54) is 0 Å². The highest BCUT2D eigenvalue weighted by atomic mass is 16.5. The predicted octanol–water partition coefficient (Wildman–Crippen LogP) is 3.47. The average molecular weight is 351 g/mol. The van der Waals surface area contributed by atoms with Crippen LogP contribution in [0.2, 0.25) is 0 Å². The number of rotatable bonds is 5. The van der Waals surface area contributed by atoms with Crippen LogP contribution < -0.4 is 14.4 Å². The summed E-state index contributed by atoms with van der Waals surface area (Å²) < 4.78 is 12.4. The summed E-state index contributed by atoms with van der Waals surface area (Å²) in [6.07, 6.45) is 1.75. The third-order valence-corrected chi connectivity index (χ3v) is 4.25. The molecule has 3 rings (SSSR count). The molecule has 1 amide bonds. The first kappa shape index (κ1) is 17.5. The molecule has 0 saturated heterocycles. The van der Waals surface area contributed by atoms with Crippen LogP contribution in [0.15, 0.2) is 54.7 Å². The van der Waals surface area contributed by atoms with Gasteiger partial charge in [-0.05, 0) is 49.4 Å². The lowest BCUT2D eigenvalue weighted by molar-refractivity contribution is 0.0993. The lowest BCUT2D eigenvalue weighted by Gasteiger charge is -2.19. The van der Waals surface area contributed by atoms with Crippen LogP contribution in [0.3, 0.4) is 0 Å². The predicted molar refractivity (Wildman–Crippen MR) is 101 cm³/mol. The molecule has 0 radical (unpaired) electrons. The Morgan fingerprint density at radius 1 is 1.00 bits per heavy atom. The van der Waals surface area contributed by atoms with Crippen LogP contribution in [0.25, 0.3) is 5.69 Å². The van der Waals surface area contributed by atoms with Crippen LogP contribution >= 0.6 is 0 Å². The van der Waals surface area contributed by atoms with E-state index in [9.17, 15) is 4.79 Å². The zero-order valence-corrected chi connectivity index (χ0v) is 15.3. The second kappa shape index (κ2) is 7.31. The number of hydrogen-bond acceptors (Lipinski definition) is 4. The highest BCUT2D eigenvalue weighted by molar-refractivity contribution is 6.06. The Balaban J connectivity index is 1.83. The monoisotopic (exact) mass is 351 g/mol. The molecule has 0 saturated carbocycles. The van der Waals surface area contributed by atoms with Gasteiger partial charge in [0, 0.05) is 36.3 Å². The normalized spacial score (nSPS) is 10.5. The SMILES string of the molecule is COc1ccc(N(C)C(=O)c2ccc(-n3nccc3C)cc2)cc1OC. The fraction of sp³-hybridized carbons (Fsp3) is 0.200. The van der Waals surface area contributed by atoms with E-state index < -0.39 is 0 Å². The maximum Gasteiger partial charge on any atom is 0.258 e. The van der Waals surface area contributed by atoms with Gasteiger partial charge in [0.25, 0.3) is 5.91 Å². The molecule has 26 heavy (non-hydrogen) atoms. The number of methoxy groups -OCH3 is 2. The Morgan fingerprint density at radius 3 is 2.27 bits per heavy atom. The van der Waals surface area contributed by atoms with E-state index in [2.05, 4.69) is 5.10 Å². The van der Waals surface area contributed by atoms with Gasteiger partial charge in [0.2, 0.25) is 0 Å². The first-order valence-corrected chi connectivity index (χ1v) is 8.16. The summed E-state index contributed by atoms with van der Waals surface area (Å²) >= 11 is 0. The molecule has 0 atom stereocenters. The summed E-state index contributed by atoms with van der Waals surface area (Å²) in [5.41, 5.74) is 3.26. The summed E-state index contributed by atoms with van der Waals surface area (Å²) in [6, 6.07) is 14.7. The first-order valence-electron chi connectivity index (χ1n) is 8.16. The smallest absolute Gasteiger partial charge is 0.258 e. The average Bonchev–Trinajstić information content (AvgIpc) is 3.12. The standard InChI is InChI=1S/C20H21N3O3/c1-14-11-12-21-23(14)16-7-5-15(6-8-16)20(24)22(2)17-9-10-18(25-3)19(13-17)26-4/h5-13H,1-4H3. The van der Waals surface area contributed by atoms with Gasteiger partial charge in [-0.3, -0.25) is 4.79 Å². The molecule has 134 valence electrons. The van der Waals surface area contributed by atoms with E-state index in [1.54, 1.807) is 56.6 Å².